The van der Waals surface area contributed by atoms with Crippen LogP contribution in [0, 0.1) is 0 Å². The van der Waals surface area contributed by atoms with E-state index in [1.165, 1.54) is 0 Å². The van der Waals surface area contributed by atoms with E-state index in [9.17, 15) is 9.90 Å². The Kier molecular flexibility index (Phi) is 6.81. The van der Waals surface area contributed by atoms with Gasteiger partial charge in [0.25, 0.3) is 0 Å². The van der Waals surface area contributed by atoms with Gasteiger partial charge in [-0.1, -0.05) is 30.7 Å². The molecule has 2 aromatic rings. The van der Waals surface area contributed by atoms with Gasteiger partial charge in [-0.2, -0.15) is 0 Å². The number of hydrogen-bond acceptors (Lipinski definition) is 3. The average molecular weight is 350 g/mol. The molecule has 0 aliphatic heterocycles. The minimum Gasteiger partial charge on any atom is -0.508 e. The number of halogens is 1. The molecule has 2 rings (SSSR count). The Morgan fingerprint density at radius 1 is 1.26 bits per heavy atom. The summed E-state index contributed by atoms with van der Waals surface area (Å²) in [4.78, 5) is 13.0. The smallest absolute Gasteiger partial charge is 0.220 e. The van der Waals surface area contributed by atoms with Crippen LogP contribution in [0.25, 0.3) is 0 Å². The van der Waals surface area contributed by atoms with E-state index in [4.69, 9.17) is 11.6 Å². The van der Waals surface area contributed by atoms with Crippen LogP contribution in [0.15, 0.2) is 53.4 Å². The number of carbonyl (C=O) groups excluding carboxylic acids is 1. The number of phenolic OH excluding ortho intramolecular Hbond substituents is 1. The molecule has 23 heavy (non-hydrogen) atoms. The van der Waals surface area contributed by atoms with Crippen LogP contribution in [0.4, 0.5) is 0 Å². The van der Waals surface area contributed by atoms with Crippen molar-refractivity contribution >= 4 is 29.3 Å². The van der Waals surface area contributed by atoms with Gasteiger partial charge in [0, 0.05) is 28.1 Å². The summed E-state index contributed by atoms with van der Waals surface area (Å²) in [6.45, 7) is 2.60. The first-order valence-electron chi connectivity index (χ1n) is 7.50. The molecule has 1 amide bonds. The summed E-state index contributed by atoms with van der Waals surface area (Å²) >= 11 is 7.62. The second-order valence-electron chi connectivity index (χ2n) is 5.37. The Labute approximate surface area is 146 Å². The molecular formula is C18H20ClNO2S. The van der Waals surface area contributed by atoms with E-state index >= 15 is 0 Å². The maximum absolute atomic E-state index is 11.9. The first-order valence-corrected chi connectivity index (χ1v) is 8.75. The third-order valence-corrected chi connectivity index (χ3v) is 4.75. The molecule has 0 spiro atoms. The zero-order chi connectivity index (χ0) is 16.7. The van der Waals surface area contributed by atoms with Crippen LogP contribution in [0.5, 0.6) is 5.75 Å². The Bertz CT molecular complexity index is 646. The van der Waals surface area contributed by atoms with E-state index in [1.54, 1.807) is 23.9 Å². The topological polar surface area (TPSA) is 49.3 Å². The highest BCUT2D eigenvalue weighted by Crippen LogP contribution is 2.27. The first-order chi connectivity index (χ1) is 11.0. The van der Waals surface area contributed by atoms with E-state index < -0.39 is 0 Å². The molecule has 2 N–H and O–H groups in total. The quantitative estimate of drug-likeness (QED) is 0.717. The largest absolute Gasteiger partial charge is 0.508 e. The Hall–Kier alpha value is -1.65. The lowest BCUT2D eigenvalue weighted by Crippen LogP contribution is -2.23. The number of rotatable bonds is 7. The van der Waals surface area contributed by atoms with Crippen molar-refractivity contribution in [1.29, 1.82) is 0 Å². The van der Waals surface area contributed by atoms with Crippen LogP contribution in [0.1, 0.15) is 25.3 Å². The van der Waals surface area contributed by atoms with Gasteiger partial charge in [-0.15, -0.1) is 11.8 Å². The molecule has 0 fully saturated rings. The summed E-state index contributed by atoms with van der Waals surface area (Å²) in [5, 5.41) is 13.2. The lowest BCUT2D eigenvalue weighted by atomic mass is 10.2. The van der Waals surface area contributed by atoms with Crippen LogP contribution >= 0.6 is 23.4 Å². The second-order valence-corrected chi connectivity index (χ2v) is 7.32. The number of thioether (sulfide) groups is 1. The second kappa shape index (κ2) is 8.85. The normalized spacial score (nSPS) is 11.9. The van der Waals surface area contributed by atoms with Crippen LogP contribution in [0.2, 0.25) is 5.02 Å². The molecule has 0 radical (unpaired) electrons. The summed E-state index contributed by atoms with van der Waals surface area (Å²) < 4.78 is 0. The summed E-state index contributed by atoms with van der Waals surface area (Å²) in [7, 11) is 0. The van der Waals surface area contributed by atoms with Gasteiger partial charge in [0.05, 0.1) is 0 Å². The fourth-order valence-electron chi connectivity index (χ4n) is 2.09. The van der Waals surface area contributed by atoms with Crippen LogP contribution in [-0.2, 0) is 11.3 Å². The number of aromatic hydroxyl groups is 1. The van der Waals surface area contributed by atoms with Gasteiger partial charge in [-0.3, -0.25) is 4.79 Å². The number of nitrogens with one attached hydrogen (secondary N) is 1. The number of amides is 1. The molecule has 5 heteroatoms. The highest BCUT2D eigenvalue weighted by molar-refractivity contribution is 7.99. The molecule has 0 aliphatic carbocycles. The predicted octanol–water partition coefficient (Wildman–Crippen LogP) is 4.62. The molecule has 0 heterocycles. The molecule has 1 atom stereocenters. The van der Waals surface area contributed by atoms with Crippen molar-refractivity contribution in [1.82, 2.24) is 5.32 Å². The number of carbonyl (C=O) groups is 1. The van der Waals surface area contributed by atoms with Crippen molar-refractivity contribution in [3.8, 4) is 5.75 Å². The summed E-state index contributed by atoms with van der Waals surface area (Å²) in [5.41, 5.74) is 0.998. The average Bonchev–Trinajstić information content (AvgIpc) is 2.53. The van der Waals surface area contributed by atoms with Gasteiger partial charge in [-0.25, -0.2) is 0 Å². The van der Waals surface area contributed by atoms with Gasteiger partial charge < -0.3 is 10.4 Å². The van der Waals surface area contributed by atoms with E-state index in [1.807, 2.05) is 36.4 Å². The summed E-state index contributed by atoms with van der Waals surface area (Å²) in [5.74, 6) is 0.311. The Morgan fingerprint density at radius 3 is 2.70 bits per heavy atom. The van der Waals surface area contributed by atoms with Gasteiger partial charge in [-0.05, 0) is 48.4 Å². The van der Waals surface area contributed by atoms with E-state index in [2.05, 4.69) is 12.2 Å². The summed E-state index contributed by atoms with van der Waals surface area (Å²) in [6, 6.07) is 14.6. The summed E-state index contributed by atoms with van der Waals surface area (Å²) in [6.07, 6.45) is 1.29. The third kappa shape index (κ3) is 6.55. The number of hydrogen-bond donors (Lipinski definition) is 2. The standard InChI is InChI=1S/C18H20ClNO2S/c1-13(23-17-8-6-16(21)7-9-17)5-10-18(22)20-12-14-3-2-4-15(19)11-14/h2-4,6-9,11,13,21H,5,10,12H2,1H3,(H,20,22). The van der Waals surface area contributed by atoms with Crippen molar-refractivity contribution in [3.05, 3.63) is 59.1 Å². The maximum Gasteiger partial charge on any atom is 0.220 e. The van der Waals surface area contributed by atoms with Gasteiger partial charge in [0.15, 0.2) is 0 Å². The van der Waals surface area contributed by atoms with E-state index in [-0.39, 0.29) is 11.7 Å². The zero-order valence-electron chi connectivity index (χ0n) is 13.0. The SMILES string of the molecule is CC(CCC(=O)NCc1cccc(Cl)c1)Sc1ccc(O)cc1. The molecule has 122 valence electrons. The fraction of sp³-hybridized carbons (Fsp3) is 0.278. The van der Waals surface area contributed by atoms with Crippen LogP contribution < -0.4 is 5.32 Å². The van der Waals surface area contributed by atoms with Crippen molar-refractivity contribution in [2.24, 2.45) is 0 Å². The molecule has 2 aromatic carbocycles. The molecule has 0 bridgehead atoms. The van der Waals surface area contributed by atoms with E-state index in [0.29, 0.717) is 23.2 Å². The van der Waals surface area contributed by atoms with Crippen molar-refractivity contribution in [2.45, 2.75) is 36.5 Å². The molecular weight excluding hydrogens is 330 g/mol. The third-order valence-electron chi connectivity index (χ3n) is 3.33. The van der Waals surface area contributed by atoms with Crippen LogP contribution in [0.3, 0.4) is 0 Å². The van der Waals surface area contributed by atoms with Gasteiger partial charge >= 0.3 is 0 Å². The molecule has 0 aliphatic rings. The van der Waals surface area contributed by atoms with Crippen molar-refractivity contribution in [3.63, 3.8) is 0 Å². The molecule has 0 saturated carbocycles. The van der Waals surface area contributed by atoms with E-state index in [0.717, 1.165) is 16.9 Å². The zero-order valence-corrected chi connectivity index (χ0v) is 14.5. The molecule has 3 nitrogen and oxygen atoms in total. The molecule has 0 saturated heterocycles. The minimum atomic E-state index is 0.0446. The minimum absolute atomic E-state index is 0.0446. The first kappa shape index (κ1) is 17.7. The predicted molar refractivity (Wildman–Crippen MR) is 96.0 cm³/mol. The van der Waals surface area contributed by atoms with Crippen LogP contribution in [-0.4, -0.2) is 16.3 Å². The Balaban J connectivity index is 1.70. The van der Waals surface area contributed by atoms with Gasteiger partial charge in [0.2, 0.25) is 5.91 Å². The van der Waals surface area contributed by atoms with Gasteiger partial charge in [0.1, 0.15) is 5.75 Å². The lowest BCUT2D eigenvalue weighted by Gasteiger charge is -2.11. The lowest BCUT2D eigenvalue weighted by molar-refractivity contribution is -0.121. The highest BCUT2D eigenvalue weighted by Gasteiger charge is 2.08. The number of phenols is 1. The molecule has 1 unspecified atom stereocenters. The van der Waals surface area contributed by atoms with Crippen molar-refractivity contribution in [2.75, 3.05) is 0 Å². The fourth-order valence-corrected chi connectivity index (χ4v) is 3.29. The monoisotopic (exact) mass is 349 g/mol. The Morgan fingerprint density at radius 2 is 2.00 bits per heavy atom. The molecule has 0 aromatic heterocycles. The number of benzene rings is 2. The maximum atomic E-state index is 11.9. The highest BCUT2D eigenvalue weighted by atomic mass is 35.5. The van der Waals surface area contributed by atoms with Crippen molar-refractivity contribution < 1.29 is 9.90 Å².